The Kier molecular flexibility index (Phi) is 6.05. The van der Waals surface area contributed by atoms with Crippen molar-refractivity contribution in [2.24, 2.45) is 5.10 Å². The summed E-state index contributed by atoms with van der Waals surface area (Å²) in [4.78, 5) is 13.6. The molecule has 3 aliphatic heterocycles. The molecule has 0 bridgehead atoms. The average molecular weight is 530 g/mol. The number of aryl methyl sites for hydroxylation is 1. The molecule has 6 rings (SSSR count). The first-order valence-corrected chi connectivity index (χ1v) is 12.4. The van der Waals surface area contributed by atoms with Crippen LogP contribution in [0.2, 0.25) is 0 Å². The van der Waals surface area contributed by atoms with Crippen molar-refractivity contribution in [3.05, 3.63) is 58.7 Å². The number of benzene rings is 2. The Labute approximate surface area is 216 Å². The molecule has 1 atom stereocenters. The number of hydrazine groups is 2. The Hall–Kier alpha value is -3.93. The topological polar surface area (TPSA) is 105 Å². The van der Waals surface area contributed by atoms with E-state index in [0.29, 0.717) is 61.1 Å². The van der Waals surface area contributed by atoms with Gasteiger partial charge in [-0.2, -0.15) is 13.2 Å². The molecule has 1 spiro atoms. The lowest BCUT2D eigenvalue weighted by atomic mass is 9.77. The number of hydrazone groups is 1. The number of carbonyl (C=O) groups is 1. The van der Waals surface area contributed by atoms with Crippen LogP contribution < -0.4 is 36.0 Å². The summed E-state index contributed by atoms with van der Waals surface area (Å²) >= 11 is 0. The first-order valence-electron chi connectivity index (χ1n) is 12.4. The molecular formula is C26H26F3N5O4. The lowest BCUT2D eigenvalue weighted by Gasteiger charge is -2.38. The predicted octanol–water partition coefficient (Wildman–Crippen LogP) is 3.22. The molecule has 0 saturated carbocycles. The van der Waals surface area contributed by atoms with E-state index in [2.05, 4.69) is 26.9 Å². The molecule has 12 heteroatoms. The molecule has 0 fully saturated rings. The molecule has 4 aliphatic rings. The summed E-state index contributed by atoms with van der Waals surface area (Å²) in [5, 5.41) is 7.41. The fourth-order valence-electron chi connectivity index (χ4n) is 5.49. The number of rotatable bonds is 6. The van der Waals surface area contributed by atoms with Crippen molar-refractivity contribution in [3.63, 3.8) is 0 Å². The van der Waals surface area contributed by atoms with Crippen molar-refractivity contribution in [3.8, 4) is 17.2 Å². The molecule has 2 aromatic carbocycles. The maximum Gasteiger partial charge on any atom is 0.389 e. The Balaban J connectivity index is 1.31. The van der Waals surface area contributed by atoms with E-state index in [-0.39, 0.29) is 18.9 Å². The number of hydrogen-bond acceptors (Lipinski definition) is 8. The van der Waals surface area contributed by atoms with Gasteiger partial charge in [0.2, 0.25) is 0 Å². The van der Waals surface area contributed by atoms with Crippen LogP contribution in [-0.4, -0.2) is 37.7 Å². The lowest BCUT2D eigenvalue weighted by molar-refractivity contribution is -0.136. The van der Waals surface area contributed by atoms with Crippen molar-refractivity contribution >= 4 is 17.3 Å². The van der Waals surface area contributed by atoms with E-state index >= 15 is 0 Å². The van der Waals surface area contributed by atoms with Crippen LogP contribution in [0.5, 0.6) is 17.2 Å². The Morgan fingerprint density at radius 3 is 2.71 bits per heavy atom. The van der Waals surface area contributed by atoms with Crippen LogP contribution in [0.3, 0.4) is 0 Å². The highest BCUT2D eigenvalue weighted by Gasteiger charge is 2.46. The second-order valence-corrected chi connectivity index (χ2v) is 9.63. The number of amides is 1. The first kappa shape index (κ1) is 24.4. The molecule has 4 N–H and O–H groups in total. The van der Waals surface area contributed by atoms with Crippen molar-refractivity contribution in [2.45, 2.75) is 43.8 Å². The molecule has 2 aromatic rings. The first-order chi connectivity index (χ1) is 18.3. The second kappa shape index (κ2) is 9.43. The maximum atomic E-state index is 13.6. The zero-order valence-electron chi connectivity index (χ0n) is 20.3. The lowest BCUT2D eigenvalue weighted by Crippen LogP contribution is -2.51. The quantitative estimate of drug-likeness (QED) is 0.426. The molecule has 0 unspecified atom stereocenters. The number of nitrogens with one attached hydrogen (secondary N) is 4. The number of nitrogens with zero attached hydrogens (tertiary/aromatic N) is 1. The number of fused-ring (bicyclic) bond motifs is 3. The monoisotopic (exact) mass is 529 g/mol. The van der Waals surface area contributed by atoms with Gasteiger partial charge in [-0.1, -0.05) is 12.1 Å². The number of halogens is 3. The minimum Gasteiger partial charge on any atom is -0.494 e. The number of carbonyl (C=O) groups excluding carboxylic acids is 1. The average Bonchev–Trinajstić information content (AvgIpc) is 3.54. The van der Waals surface area contributed by atoms with Gasteiger partial charge in [-0.25, -0.2) is 5.53 Å². The summed E-state index contributed by atoms with van der Waals surface area (Å²) in [6, 6.07) is 11.2. The van der Waals surface area contributed by atoms with Gasteiger partial charge in [0.25, 0.3) is 5.91 Å². The molecule has 1 aliphatic carbocycles. The zero-order chi connectivity index (χ0) is 26.3. The third-order valence-electron chi connectivity index (χ3n) is 7.18. The number of ether oxygens (including phenoxy) is 3. The smallest absolute Gasteiger partial charge is 0.389 e. The van der Waals surface area contributed by atoms with Crippen LogP contribution in [0.25, 0.3) is 5.57 Å². The predicted molar refractivity (Wildman–Crippen MR) is 131 cm³/mol. The number of alkyl halides is 3. The van der Waals surface area contributed by atoms with E-state index in [4.69, 9.17) is 14.2 Å². The molecule has 3 heterocycles. The number of amidine groups is 1. The van der Waals surface area contributed by atoms with Gasteiger partial charge in [0.15, 0.2) is 17.3 Å². The van der Waals surface area contributed by atoms with E-state index < -0.39 is 18.1 Å². The third-order valence-corrected chi connectivity index (χ3v) is 7.18. The van der Waals surface area contributed by atoms with Crippen LogP contribution in [0.1, 0.15) is 42.4 Å². The molecular weight excluding hydrogens is 503 g/mol. The van der Waals surface area contributed by atoms with E-state index in [1.54, 1.807) is 6.07 Å². The van der Waals surface area contributed by atoms with Crippen LogP contribution in [0.15, 0.2) is 47.1 Å². The van der Waals surface area contributed by atoms with Crippen LogP contribution in [-0.2, 0) is 16.8 Å². The fraction of sp³-hybridized carbons (Fsp3) is 0.385. The van der Waals surface area contributed by atoms with E-state index in [1.165, 1.54) is 0 Å². The van der Waals surface area contributed by atoms with Crippen molar-refractivity contribution in [2.75, 3.05) is 19.8 Å². The van der Waals surface area contributed by atoms with E-state index in [9.17, 15) is 18.0 Å². The van der Waals surface area contributed by atoms with Gasteiger partial charge in [0, 0.05) is 12.8 Å². The summed E-state index contributed by atoms with van der Waals surface area (Å²) in [6.07, 6.45) is -3.30. The fourth-order valence-corrected chi connectivity index (χ4v) is 5.49. The minimum absolute atomic E-state index is 0.0162. The van der Waals surface area contributed by atoms with Gasteiger partial charge in [-0.15, -0.1) is 10.6 Å². The van der Waals surface area contributed by atoms with Gasteiger partial charge in [0.1, 0.15) is 19.0 Å². The minimum atomic E-state index is -4.19. The second-order valence-electron chi connectivity index (χ2n) is 9.63. The van der Waals surface area contributed by atoms with Gasteiger partial charge < -0.3 is 19.5 Å². The number of hydrogen-bond donors (Lipinski definition) is 4. The van der Waals surface area contributed by atoms with Crippen LogP contribution in [0.4, 0.5) is 13.2 Å². The summed E-state index contributed by atoms with van der Waals surface area (Å²) in [6.45, 7) is 0.912. The molecule has 200 valence electrons. The van der Waals surface area contributed by atoms with Crippen molar-refractivity contribution in [1.29, 1.82) is 0 Å². The van der Waals surface area contributed by atoms with Gasteiger partial charge in [0.05, 0.1) is 17.7 Å². The molecule has 0 saturated heterocycles. The zero-order valence-corrected chi connectivity index (χ0v) is 20.3. The van der Waals surface area contributed by atoms with Gasteiger partial charge >= 0.3 is 6.18 Å². The highest BCUT2D eigenvalue weighted by atomic mass is 19.4. The Morgan fingerprint density at radius 1 is 1.08 bits per heavy atom. The molecule has 0 aromatic heterocycles. The third kappa shape index (κ3) is 4.60. The van der Waals surface area contributed by atoms with Crippen molar-refractivity contribution < 1.29 is 32.2 Å². The molecule has 38 heavy (non-hydrogen) atoms. The summed E-state index contributed by atoms with van der Waals surface area (Å²) in [5.74, 6) is 1.92. The van der Waals surface area contributed by atoms with Crippen LogP contribution >= 0.6 is 0 Å². The summed E-state index contributed by atoms with van der Waals surface area (Å²) in [7, 11) is 0. The molecule has 0 radical (unpaired) electrons. The molecule has 9 nitrogen and oxygen atoms in total. The summed E-state index contributed by atoms with van der Waals surface area (Å²) in [5.41, 5.74) is 11.6. The highest BCUT2D eigenvalue weighted by Crippen LogP contribution is 2.48. The SMILES string of the molecule is O=C1N[C@@]2(CCc3cc(OCCCC(F)(F)F)ccc32)CC(c2ccc3c(c2)OCCO3)=C1C1=NNNN1. The van der Waals surface area contributed by atoms with Gasteiger partial charge in [-0.3, -0.25) is 10.2 Å². The molecule has 1 amide bonds. The summed E-state index contributed by atoms with van der Waals surface area (Å²) < 4.78 is 54.4. The van der Waals surface area contributed by atoms with E-state index in [0.717, 1.165) is 22.3 Å². The van der Waals surface area contributed by atoms with Crippen molar-refractivity contribution in [1.82, 2.24) is 21.8 Å². The Bertz CT molecular complexity index is 1340. The largest absolute Gasteiger partial charge is 0.494 e. The maximum absolute atomic E-state index is 13.6. The van der Waals surface area contributed by atoms with Crippen LogP contribution in [0, 0.1) is 0 Å². The highest BCUT2D eigenvalue weighted by molar-refractivity contribution is 6.26. The van der Waals surface area contributed by atoms with E-state index in [1.807, 2.05) is 30.3 Å². The standard InChI is InChI=1S/C26H26F3N5O4/c27-26(28,29)7-1-9-36-17-3-4-19-16(12-17)6-8-25(19)14-18(22(24(35)30-25)23-31-33-34-32-23)15-2-5-20-21(13-15)38-11-10-37-20/h2-5,12-13,33-34H,1,6-11,14H2,(H,30,35)(H,31,32)/t25-/m0/s1. The van der Waals surface area contributed by atoms with Gasteiger partial charge in [-0.05, 0) is 65.8 Å². The normalized spacial score (nSPS) is 22.0. The Morgan fingerprint density at radius 2 is 1.92 bits per heavy atom.